The molecule has 9 heteroatoms. The number of nitrogens with zero attached hydrogens (tertiary/aromatic N) is 2. The maximum atomic E-state index is 13.1. The Morgan fingerprint density at radius 3 is 2.77 bits per heavy atom. The van der Waals surface area contributed by atoms with Gasteiger partial charge in [0, 0.05) is 17.8 Å². The molecular formula is C21H18FN3O5. The average molecular weight is 411 g/mol. The molecule has 4 rings (SSSR count). The van der Waals surface area contributed by atoms with Gasteiger partial charge in [0.25, 0.3) is 5.91 Å². The van der Waals surface area contributed by atoms with Crippen molar-refractivity contribution in [3.8, 4) is 11.5 Å². The molecule has 0 bridgehead atoms. The van der Waals surface area contributed by atoms with Crippen LogP contribution < -0.4 is 5.32 Å². The van der Waals surface area contributed by atoms with Crippen molar-refractivity contribution >= 4 is 28.7 Å². The molecular weight excluding hydrogens is 393 g/mol. The smallest absolute Gasteiger partial charge is 0.337 e. The van der Waals surface area contributed by atoms with E-state index in [1.54, 1.807) is 30.3 Å². The summed E-state index contributed by atoms with van der Waals surface area (Å²) in [6, 6.07) is 10.8. The molecule has 0 spiro atoms. The van der Waals surface area contributed by atoms with Crippen molar-refractivity contribution in [3.05, 3.63) is 59.6 Å². The summed E-state index contributed by atoms with van der Waals surface area (Å²) in [5.41, 5.74) is 2.47. The number of aromatic nitrogens is 1. The molecule has 0 unspecified atom stereocenters. The van der Waals surface area contributed by atoms with E-state index in [2.05, 4.69) is 10.3 Å². The van der Waals surface area contributed by atoms with Gasteiger partial charge < -0.3 is 24.5 Å². The van der Waals surface area contributed by atoms with E-state index in [1.807, 2.05) is 0 Å². The monoisotopic (exact) mass is 411 g/mol. The van der Waals surface area contributed by atoms with E-state index in [4.69, 9.17) is 14.3 Å². The fraction of sp³-hybridized carbons (Fsp3) is 0.190. The number of amides is 1. The number of carbonyl (C=O) groups is 2. The Morgan fingerprint density at radius 1 is 1.30 bits per heavy atom. The number of methoxy groups -OCH3 is 1. The molecule has 0 fully saturated rings. The van der Waals surface area contributed by atoms with Gasteiger partial charge in [0.1, 0.15) is 17.0 Å². The molecule has 0 atom stereocenters. The van der Waals surface area contributed by atoms with E-state index in [0.717, 1.165) is 0 Å². The van der Waals surface area contributed by atoms with Crippen LogP contribution in [-0.2, 0) is 14.3 Å². The van der Waals surface area contributed by atoms with Crippen molar-refractivity contribution in [2.45, 2.75) is 0 Å². The molecule has 154 valence electrons. The highest BCUT2D eigenvalue weighted by atomic mass is 19.1. The molecule has 0 saturated heterocycles. The minimum atomic E-state index is -0.618. The Hall–Kier alpha value is -3.72. The SMILES string of the molecule is COC(=O)C1=C(Nc2ccc3oc(-c4ccc(F)cc4)nc3c2)C(=O)N(CCO)C1. The lowest BCUT2D eigenvalue weighted by Gasteiger charge is -2.14. The van der Waals surface area contributed by atoms with E-state index in [9.17, 15) is 14.0 Å². The van der Waals surface area contributed by atoms with Gasteiger partial charge in [-0.25, -0.2) is 14.2 Å². The highest BCUT2D eigenvalue weighted by Crippen LogP contribution is 2.28. The third-order valence-corrected chi connectivity index (χ3v) is 4.70. The Bertz CT molecular complexity index is 1150. The van der Waals surface area contributed by atoms with E-state index in [-0.39, 0.29) is 36.8 Å². The van der Waals surface area contributed by atoms with Crippen LogP contribution in [0, 0.1) is 5.82 Å². The number of β-amino-alcohol motifs (C(OH)–C–C–N with tert-alkyl or cyclic N) is 1. The normalized spacial score (nSPS) is 14.0. The lowest BCUT2D eigenvalue weighted by Crippen LogP contribution is -2.31. The van der Waals surface area contributed by atoms with Gasteiger partial charge in [-0.15, -0.1) is 0 Å². The van der Waals surface area contributed by atoms with Gasteiger partial charge in [0.2, 0.25) is 5.89 Å². The van der Waals surface area contributed by atoms with Crippen LogP contribution in [-0.4, -0.2) is 53.7 Å². The molecule has 3 aromatic rings. The molecule has 1 aliphatic rings. The molecule has 0 aliphatic carbocycles. The molecule has 1 aliphatic heterocycles. The summed E-state index contributed by atoms with van der Waals surface area (Å²) in [5, 5.41) is 12.1. The zero-order valence-electron chi connectivity index (χ0n) is 16.0. The van der Waals surface area contributed by atoms with Crippen molar-refractivity contribution in [1.29, 1.82) is 0 Å². The number of aliphatic hydroxyl groups is 1. The summed E-state index contributed by atoms with van der Waals surface area (Å²) in [6.45, 7) is -0.0618. The Kier molecular flexibility index (Phi) is 5.20. The number of hydrogen-bond acceptors (Lipinski definition) is 7. The zero-order chi connectivity index (χ0) is 21.3. The molecule has 1 amide bonds. The fourth-order valence-corrected chi connectivity index (χ4v) is 3.21. The topological polar surface area (TPSA) is 105 Å². The van der Waals surface area contributed by atoms with Crippen molar-refractivity contribution in [3.63, 3.8) is 0 Å². The zero-order valence-corrected chi connectivity index (χ0v) is 16.0. The Labute approximate surface area is 170 Å². The lowest BCUT2D eigenvalue weighted by molar-refractivity contribution is -0.136. The first kappa shape index (κ1) is 19.6. The van der Waals surface area contributed by atoms with Crippen LogP contribution >= 0.6 is 0 Å². The lowest BCUT2D eigenvalue weighted by atomic mass is 10.2. The second-order valence-electron chi connectivity index (χ2n) is 6.63. The van der Waals surface area contributed by atoms with Crippen molar-refractivity contribution in [2.24, 2.45) is 0 Å². The van der Waals surface area contributed by atoms with Gasteiger partial charge in [-0.05, 0) is 42.5 Å². The van der Waals surface area contributed by atoms with Crippen molar-refractivity contribution in [2.75, 3.05) is 32.1 Å². The second-order valence-corrected chi connectivity index (χ2v) is 6.63. The fourth-order valence-electron chi connectivity index (χ4n) is 3.21. The van der Waals surface area contributed by atoms with Crippen LogP contribution in [0.2, 0.25) is 0 Å². The number of anilines is 1. The third kappa shape index (κ3) is 3.62. The Morgan fingerprint density at radius 2 is 2.07 bits per heavy atom. The standard InChI is InChI=1S/C21H18FN3O5/c1-29-21(28)15-11-25(8-9-26)20(27)18(15)23-14-6-7-17-16(10-14)24-19(30-17)12-2-4-13(22)5-3-12/h2-7,10,23,26H,8-9,11H2,1H3. The van der Waals surface area contributed by atoms with E-state index in [0.29, 0.717) is 28.2 Å². The summed E-state index contributed by atoms with van der Waals surface area (Å²) >= 11 is 0. The van der Waals surface area contributed by atoms with Crippen molar-refractivity contribution in [1.82, 2.24) is 9.88 Å². The maximum absolute atomic E-state index is 13.1. The number of nitrogens with one attached hydrogen (secondary N) is 1. The van der Waals surface area contributed by atoms with Gasteiger partial charge in [-0.3, -0.25) is 4.79 Å². The van der Waals surface area contributed by atoms with Crippen LogP contribution in [0.15, 0.2) is 58.2 Å². The molecule has 2 N–H and O–H groups in total. The minimum Gasteiger partial charge on any atom is -0.466 e. The average Bonchev–Trinajstić information content (AvgIpc) is 3.30. The summed E-state index contributed by atoms with van der Waals surface area (Å²) in [4.78, 5) is 30.5. The first-order chi connectivity index (χ1) is 14.5. The number of hydrogen-bond donors (Lipinski definition) is 2. The van der Waals surface area contributed by atoms with Gasteiger partial charge in [0.05, 0.1) is 25.8 Å². The predicted octanol–water partition coefficient (Wildman–Crippen LogP) is 2.31. The molecule has 0 saturated carbocycles. The Balaban J connectivity index is 1.64. The number of halogens is 1. The van der Waals surface area contributed by atoms with Gasteiger partial charge >= 0.3 is 5.97 Å². The third-order valence-electron chi connectivity index (χ3n) is 4.70. The first-order valence-corrected chi connectivity index (χ1v) is 9.15. The molecule has 0 radical (unpaired) electrons. The van der Waals surface area contributed by atoms with Gasteiger partial charge in [-0.2, -0.15) is 0 Å². The molecule has 2 heterocycles. The number of ether oxygens (including phenoxy) is 1. The number of fused-ring (bicyclic) bond motifs is 1. The summed E-state index contributed by atoms with van der Waals surface area (Å²) in [5.74, 6) is -1.04. The maximum Gasteiger partial charge on any atom is 0.337 e. The largest absolute Gasteiger partial charge is 0.466 e. The van der Waals surface area contributed by atoms with E-state index >= 15 is 0 Å². The predicted molar refractivity (Wildman–Crippen MR) is 106 cm³/mol. The van der Waals surface area contributed by atoms with Crippen LogP contribution in [0.4, 0.5) is 10.1 Å². The molecule has 30 heavy (non-hydrogen) atoms. The number of carbonyl (C=O) groups excluding carboxylic acids is 2. The van der Waals surface area contributed by atoms with Crippen LogP contribution in [0.3, 0.4) is 0 Å². The van der Waals surface area contributed by atoms with Gasteiger partial charge in [0.15, 0.2) is 5.58 Å². The highest BCUT2D eigenvalue weighted by Gasteiger charge is 2.34. The number of rotatable bonds is 6. The molecule has 2 aromatic carbocycles. The summed E-state index contributed by atoms with van der Waals surface area (Å²) in [6.07, 6.45) is 0. The number of aliphatic hydroxyl groups excluding tert-OH is 1. The number of esters is 1. The summed E-state index contributed by atoms with van der Waals surface area (Å²) < 4.78 is 23.6. The van der Waals surface area contributed by atoms with E-state index in [1.165, 1.54) is 24.1 Å². The molecule has 8 nitrogen and oxygen atoms in total. The summed E-state index contributed by atoms with van der Waals surface area (Å²) in [7, 11) is 1.24. The first-order valence-electron chi connectivity index (χ1n) is 9.15. The molecule has 1 aromatic heterocycles. The van der Waals surface area contributed by atoms with Gasteiger partial charge in [-0.1, -0.05) is 0 Å². The number of oxazole rings is 1. The van der Waals surface area contributed by atoms with Crippen LogP contribution in [0.5, 0.6) is 0 Å². The van der Waals surface area contributed by atoms with Crippen LogP contribution in [0.25, 0.3) is 22.6 Å². The van der Waals surface area contributed by atoms with Crippen molar-refractivity contribution < 1.29 is 28.2 Å². The quantitative estimate of drug-likeness (QED) is 0.600. The highest BCUT2D eigenvalue weighted by molar-refractivity contribution is 6.08. The number of benzene rings is 2. The second kappa shape index (κ2) is 7.96. The van der Waals surface area contributed by atoms with Crippen LogP contribution in [0.1, 0.15) is 0 Å². The van der Waals surface area contributed by atoms with E-state index < -0.39 is 11.9 Å². The minimum absolute atomic E-state index is 0.0509.